The lowest BCUT2D eigenvalue weighted by molar-refractivity contribution is -0.0620. The zero-order valence-corrected chi connectivity index (χ0v) is 24.2. The van der Waals surface area contributed by atoms with E-state index in [0.29, 0.717) is 18.9 Å². The van der Waals surface area contributed by atoms with E-state index in [1.54, 1.807) is 9.58 Å². The smallest absolute Gasteiger partial charge is 0.320 e. The van der Waals surface area contributed by atoms with Gasteiger partial charge in [0.15, 0.2) is 11.6 Å². The maximum atomic E-state index is 15.0. The Kier molecular flexibility index (Phi) is 9.38. The Hall–Kier alpha value is -3.44. The van der Waals surface area contributed by atoms with Crippen molar-refractivity contribution in [1.82, 2.24) is 24.6 Å². The number of urea groups is 1. The molecule has 222 valence electrons. The Morgan fingerprint density at radius 2 is 1.78 bits per heavy atom. The molecule has 2 aromatic carbocycles. The molecule has 0 aliphatic carbocycles. The van der Waals surface area contributed by atoms with Gasteiger partial charge in [0.25, 0.3) is 0 Å². The zero-order valence-electron chi connectivity index (χ0n) is 24.2. The number of hydrogen-bond donors (Lipinski definition) is 1. The molecule has 11 heteroatoms. The fourth-order valence-electron chi connectivity index (χ4n) is 5.30. The molecule has 0 unspecified atom stereocenters. The van der Waals surface area contributed by atoms with Crippen LogP contribution in [0, 0.1) is 17.0 Å². The second-order valence-electron chi connectivity index (χ2n) is 11.8. The van der Waals surface area contributed by atoms with Crippen molar-refractivity contribution in [3.05, 3.63) is 71.6 Å². The molecule has 3 aromatic rings. The van der Waals surface area contributed by atoms with Crippen LogP contribution in [0.2, 0.25) is 0 Å². The lowest BCUT2D eigenvalue weighted by Crippen LogP contribution is -2.56. The summed E-state index contributed by atoms with van der Waals surface area (Å²) in [6.07, 6.45) is -1.89. The van der Waals surface area contributed by atoms with Crippen LogP contribution >= 0.6 is 0 Å². The van der Waals surface area contributed by atoms with Crippen LogP contribution in [0.15, 0.2) is 48.5 Å². The number of aromatic nitrogens is 3. The van der Waals surface area contributed by atoms with Crippen molar-refractivity contribution in [1.29, 1.82) is 0 Å². The van der Waals surface area contributed by atoms with E-state index >= 15 is 4.39 Å². The number of nitrogens with zero attached hydrogens (tertiary/aromatic N) is 5. The predicted octanol–water partition coefficient (Wildman–Crippen LogP) is 5.19. The Morgan fingerprint density at radius 3 is 2.39 bits per heavy atom. The molecule has 0 bridgehead atoms. The molecule has 1 aliphatic rings. The first-order chi connectivity index (χ1) is 19.4. The Bertz CT molecular complexity index is 1320. The van der Waals surface area contributed by atoms with Gasteiger partial charge in [-0.25, -0.2) is 27.6 Å². The summed E-state index contributed by atoms with van der Waals surface area (Å²) in [6, 6.07) is 11.4. The largest absolute Gasteiger partial charge is 0.372 e. The molecule has 41 heavy (non-hydrogen) atoms. The molecule has 2 amide bonds. The van der Waals surface area contributed by atoms with E-state index in [1.165, 1.54) is 4.90 Å². The number of hydrogen-bond acceptors (Lipinski definition) is 5. The van der Waals surface area contributed by atoms with Crippen LogP contribution in [0.5, 0.6) is 0 Å². The average molecular weight is 573 g/mol. The normalized spacial score (nSPS) is 19.2. The number of alkyl halides is 1. The Balaban J connectivity index is 1.87. The van der Waals surface area contributed by atoms with Crippen LogP contribution in [-0.2, 0) is 11.3 Å². The second kappa shape index (κ2) is 12.6. The minimum atomic E-state index is -1.50. The van der Waals surface area contributed by atoms with E-state index in [9.17, 15) is 13.6 Å². The maximum Gasteiger partial charge on any atom is 0.320 e. The van der Waals surface area contributed by atoms with Crippen LogP contribution in [0.4, 0.5) is 18.0 Å². The van der Waals surface area contributed by atoms with E-state index in [-0.39, 0.29) is 49.3 Å². The van der Waals surface area contributed by atoms with Gasteiger partial charge in [0.1, 0.15) is 17.8 Å². The lowest BCUT2D eigenvalue weighted by Gasteiger charge is -2.44. The fourth-order valence-corrected chi connectivity index (χ4v) is 5.30. The number of nitrogens with two attached hydrogens (primary N) is 1. The van der Waals surface area contributed by atoms with Crippen molar-refractivity contribution in [2.45, 2.75) is 65.6 Å². The molecule has 8 nitrogen and oxygen atoms in total. The first kappa shape index (κ1) is 30.5. The van der Waals surface area contributed by atoms with Gasteiger partial charge in [0.05, 0.1) is 36.9 Å². The summed E-state index contributed by atoms with van der Waals surface area (Å²) in [5.74, 6) is -1.02. The van der Waals surface area contributed by atoms with E-state index in [4.69, 9.17) is 15.5 Å². The summed E-state index contributed by atoms with van der Waals surface area (Å²) in [6.45, 7) is 9.90. The molecule has 1 saturated heterocycles. The van der Waals surface area contributed by atoms with Gasteiger partial charge in [0, 0.05) is 19.6 Å². The summed E-state index contributed by atoms with van der Waals surface area (Å²) in [5.41, 5.74) is 5.78. The summed E-state index contributed by atoms with van der Waals surface area (Å²) in [5, 5.41) is 4.60. The second-order valence-corrected chi connectivity index (χ2v) is 11.8. The minimum absolute atomic E-state index is 0.0289. The average Bonchev–Trinajstić information content (AvgIpc) is 3.30. The third kappa shape index (κ3) is 7.26. The number of morpholine rings is 1. The highest BCUT2D eigenvalue weighted by Gasteiger charge is 2.42. The molecule has 0 spiro atoms. The van der Waals surface area contributed by atoms with Gasteiger partial charge in [-0.3, -0.25) is 0 Å². The van der Waals surface area contributed by atoms with Crippen LogP contribution in [0.3, 0.4) is 0 Å². The van der Waals surface area contributed by atoms with Crippen LogP contribution in [-0.4, -0.2) is 75.2 Å². The quantitative estimate of drug-likeness (QED) is 0.402. The van der Waals surface area contributed by atoms with Crippen LogP contribution in [0.25, 0.3) is 11.4 Å². The fraction of sp³-hybridized carbons (Fsp3) is 0.500. The zero-order chi connectivity index (χ0) is 29.9. The number of carbonyl (C=O) groups is 1. The number of benzene rings is 2. The van der Waals surface area contributed by atoms with Crippen LogP contribution in [0.1, 0.15) is 52.0 Å². The highest BCUT2D eigenvalue weighted by atomic mass is 19.1. The van der Waals surface area contributed by atoms with Gasteiger partial charge in [-0.2, -0.15) is 5.10 Å². The van der Waals surface area contributed by atoms with Crippen molar-refractivity contribution in [2.24, 2.45) is 11.1 Å². The van der Waals surface area contributed by atoms with Gasteiger partial charge >= 0.3 is 6.03 Å². The number of rotatable bonds is 8. The summed E-state index contributed by atoms with van der Waals surface area (Å²) < 4.78 is 51.5. The summed E-state index contributed by atoms with van der Waals surface area (Å²) >= 11 is 0. The standard InChI is InChI=1S/C30H39F3N6O2/c1-19-15-37(16-20(2)41-19)29(40)38(18-23(32)14-34)26(30(3,4)5)28-35-27(24-13-22(31)11-12-25(24)33)36-39(28)17-21-9-7-6-8-10-21/h6-13,19-20,23,26H,14-18,34H2,1-5H3/t19-,20+,23-,26-/m0/s1. The molecule has 4 rings (SSSR count). The van der Waals surface area contributed by atoms with Gasteiger partial charge < -0.3 is 20.3 Å². The van der Waals surface area contributed by atoms with Crippen molar-refractivity contribution in [3.8, 4) is 11.4 Å². The maximum absolute atomic E-state index is 15.0. The van der Waals surface area contributed by atoms with Crippen molar-refractivity contribution in [2.75, 3.05) is 26.2 Å². The first-order valence-electron chi connectivity index (χ1n) is 13.9. The topological polar surface area (TPSA) is 89.5 Å². The molecule has 1 aliphatic heterocycles. The molecular formula is C30H39F3N6O2. The lowest BCUT2D eigenvalue weighted by atomic mass is 9.84. The molecule has 4 atom stereocenters. The van der Waals surface area contributed by atoms with Gasteiger partial charge in [-0.05, 0) is 43.0 Å². The Morgan fingerprint density at radius 1 is 1.12 bits per heavy atom. The van der Waals surface area contributed by atoms with Gasteiger partial charge in [-0.1, -0.05) is 51.1 Å². The molecular weight excluding hydrogens is 533 g/mol. The summed E-state index contributed by atoms with van der Waals surface area (Å²) in [7, 11) is 0. The number of halogens is 3. The van der Waals surface area contributed by atoms with E-state index in [2.05, 4.69) is 5.10 Å². The van der Waals surface area contributed by atoms with E-state index in [0.717, 1.165) is 23.8 Å². The number of ether oxygens (including phenoxy) is 1. The third-order valence-corrected chi connectivity index (χ3v) is 7.01. The molecule has 1 aromatic heterocycles. The molecule has 0 saturated carbocycles. The molecule has 1 fully saturated rings. The van der Waals surface area contributed by atoms with Crippen LogP contribution < -0.4 is 5.73 Å². The monoisotopic (exact) mass is 572 g/mol. The number of amides is 2. The predicted molar refractivity (Wildman–Crippen MR) is 151 cm³/mol. The first-order valence-corrected chi connectivity index (χ1v) is 13.9. The van der Waals surface area contributed by atoms with Crippen molar-refractivity contribution >= 4 is 6.03 Å². The highest BCUT2D eigenvalue weighted by molar-refractivity contribution is 5.75. The summed E-state index contributed by atoms with van der Waals surface area (Å²) in [4.78, 5) is 22.0. The van der Waals surface area contributed by atoms with Gasteiger partial charge in [0.2, 0.25) is 0 Å². The Labute approximate surface area is 239 Å². The van der Waals surface area contributed by atoms with E-state index < -0.39 is 29.3 Å². The molecule has 2 N–H and O–H groups in total. The third-order valence-electron chi connectivity index (χ3n) is 7.01. The van der Waals surface area contributed by atoms with E-state index in [1.807, 2.05) is 65.0 Å². The van der Waals surface area contributed by atoms with Crippen molar-refractivity contribution < 1.29 is 22.7 Å². The molecule has 0 radical (unpaired) electrons. The number of carbonyl (C=O) groups excluding carboxylic acids is 1. The van der Waals surface area contributed by atoms with Crippen molar-refractivity contribution in [3.63, 3.8) is 0 Å². The minimum Gasteiger partial charge on any atom is -0.372 e. The van der Waals surface area contributed by atoms with Gasteiger partial charge in [-0.15, -0.1) is 0 Å². The SMILES string of the molecule is C[C@@H]1CN(C(=O)N(C[C@@H](F)CN)[C@@H](c2nc(-c3cc(F)ccc3F)nn2Cc2ccccc2)C(C)(C)C)C[C@H](C)O1. The molecule has 2 heterocycles. The highest BCUT2D eigenvalue weighted by Crippen LogP contribution is 2.39.